The molecule has 0 bridgehead atoms. The molecule has 28 heavy (non-hydrogen) atoms. The maximum Gasteiger partial charge on any atom is 0.278 e. The van der Waals surface area contributed by atoms with Gasteiger partial charge in [0, 0.05) is 5.02 Å². The van der Waals surface area contributed by atoms with Crippen molar-refractivity contribution < 1.29 is 13.7 Å². The lowest BCUT2D eigenvalue weighted by atomic mass is 10.1. The van der Waals surface area contributed by atoms with Crippen LogP contribution in [0.15, 0.2) is 59.1 Å². The summed E-state index contributed by atoms with van der Waals surface area (Å²) in [5, 5.41) is 9.13. The lowest BCUT2D eigenvalue weighted by molar-refractivity contribution is -0.00112. The van der Waals surface area contributed by atoms with Crippen LogP contribution in [0.4, 0.5) is 4.39 Å². The number of hydrogen-bond acceptors (Lipinski definition) is 5. The molecular weight excluding hydrogens is 383 g/mol. The van der Waals surface area contributed by atoms with Crippen LogP contribution < -0.4 is 0 Å². The van der Waals surface area contributed by atoms with E-state index in [2.05, 4.69) is 15.2 Å². The molecule has 1 aliphatic heterocycles. The lowest BCUT2D eigenvalue weighted by Gasteiger charge is -2.24. The summed E-state index contributed by atoms with van der Waals surface area (Å²) in [4.78, 5) is 4.29. The van der Waals surface area contributed by atoms with Gasteiger partial charge >= 0.3 is 0 Å². The van der Waals surface area contributed by atoms with Crippen LogP contribution in [0.1, 0.15) is 17.4 Å². The predicted octanol–water partition coefficient (Wildman–Crippen LogP) is 4.66. The van der Waals surface area contributed by atoms with Crippen molar-refractivity contribution in [3.63, 3.8) is 0 Å². The average molecular weight is 397 g/mol. The summed E-state index contributed by atoms with van der Waals surface area (Å²) in [5.41, 5.74) is 2.76. The van der Waals surface area contributed by atoms with Crippen molar-refractivity contribution in [1.29, 1.82) is 0 Å². The summed E-state index contributed by atoms with van der Waals surface area (Å²) >= 11 is 5.95. The first-order chi connectivity index (χ1) is 13.7. The number of hydrogen-bond donors (Lipinski definition) is 0. The zero-order chi connectivity index (χ0) is 19.1. The van der Waals surface area contributed by atoms with Crippen LogP contribution in [0.3, 0.4) is 0 Å². The van der Waals surface area contributed by atoms with E-state index in [4.69, 9.17) is 20.9 Å². The second-order valence-corrected chi connectivity index (χ2v) is 6.89. The van der Waals surface area contributed by atoms with Crippen molar-refractivity contribution in [2.45, 2.75) is 19.3 Å². The first kappa shape index (κ1) is 17.1. The molecule has 6 nitrogen and oxygen atoms in total. The summed E-state index contributed by atoms with van der Waals surface area (Å²) in [6, 6.07) is 15.7. The van der Waals surface area contributed by atoms with Gasteiger partial charge in [-0.25, -0.2) is 4.39 Å². The second kappa shape index (κ2) is 6.85. The van der Waals surface area contributed by atoms with Gasteiger partial charge in [0.05, 0.1) is 24.4 Å². The van der Waals surface area contributed by atoms with Gasteiger partial charge < -0.3 is 9.26 Å². The Labute approximate surface area is 164 Å². The zero-order valence-corrected chi connectivity index (χ0v) is 15.3. The minimum absolute atomic E-state index is 0.117. The van der Waals surface area contributed by atoms with Gasteiger partial charge in [0.25, 0.3) is 5.89 Å². The molecule has 0 N–H and O–H groups in total. The van der Waals surface area contributed by atoms with Gasteiger partial charge in [-0.05, 0) is 35.9 Å². The first-order valence-corrected chi connectivity index (χ1v) is 9.08. The minimum atomic E-state index is -0.404. The lowest BCUT2D eigenvalue weighted by Crippen LogP contribution is -2.21. The van der Waals surface area contributed by atoms with Crippen molar-refractivity contribution in [1.82, 2.24) is 19.9 Å². The van der Waals surface area contributed by atoms with Gasteiger partial charge in [-0.1, -0.05) is 41.0 Å². The number of benzene rings is 2. The van der Waals surface area contributed by atoms with Gasteiger partial charge in [0.1, 0.15) is 11.9 Å². The Morgan fingerprint density at radius 1 is 1.11 bits per heavy atom. The number of nitrogens with zero attached hydrogens (tertiary/aromatic N) is 4. The predicted molar refractivity (Wildman–Crippen MR) is 99.9 cm³/mol. The fourth-order valence-electron chi connectivity index (χ4n) is 3.19. The molecule has 8 heteroatoms. The number of halogens is 2. The number of aromatic nitrogens is 4. The van der Waals surface area contributed by atoms with Gasteiger partial charge in [0.2, 0.25) is 5.82 Å². The summed E-state index contributed by atoms with van der Waals surface area (Å²) in [5.74, 6) is 0.0238. The van der Waals surface area contributed by atoms with E-state index in [0.717, 1.165) is 11.3 Å². The first-order valence-electron chi connectivity index (χ1n) is 8.70. The fourth-order valence-corrected chi connectivity index (χ4v) is 3.31. The average Bonchev–Trinajstić information content (AvgIpc) is 3.35. The molecule has 0 amide bonds. The van der Waals surface area contributed by atoms with Gasteiger partial charge in [-0.2, -0.15) is 10.1 Å². The van der Waals surface area contributed by atoms with Crippen LogP contribution in [-0.4, -0.2) is 19.9 Å². The normalized spacial score (nSPS) is 16.1. The van der Waals surface area contributed by atoms with E-state index >= 15 is 0 Å². The Kier molecular flexibility index (Phi) is 4.18. The van der Waals surface area contributed by atoms with Crippen LogP contribution in [0.25, 0.3) is 23.0 Å². The molecule has 1 unspecified atom stereocenters. The highest BCUT2D eigenvalue weighted by molar-refractivity contribution is 6.30. The third kappa shape index (κ3) is 3.08. The molecule has 2 aromatic carbocycles. The van der Waals surface area contributed by atoms with E-state index in [1.165, 1.54) is 6.07 Å². The molecule has 5 rings (SSSR count). The van der Waals surface area contributed by atoms with E-state index in [1.54, 1.807) is 18.2 Å². The van der Waals surface area contributed by atoms with Crippen molar-refractivity contribution in [2.24, 2.45) is 0 Å². The summed E-state index contributed by atoms with van der Waals surface area (Å²) in [6.45, 7) is 0.972. The highest BCUT2D eigenvalue weighted by Crippen LogP contribution is 2.30. The molecule has 0 saturated carbocycles. The van der Waals surface area contributed by atoms with Gasteiger partial charge in [0.15, 0.2) is 5.69 Å². The molecule has 0 spiro atoms. The Morgan fingerprint density at radius 2 is 1.93 bits per heavy atom. The van der Waals surface area contributed by atoms with E-state index in [-0.39, 0.29) is 23.4 Å². The molecule has 3 heterocycles. The molecule has 0 aliphatic carbocycles. The number of rotatable bonds is 3. The monoisotopic (exact) mass is 396 g/mol. The van der Waals surface area contributed by atoms with Crippen molar-refractivity contribution >= 4 is 11.6 Å². The molecule has 0 radical (unpaired) electrons. The maximum atomic E-state index is 13.9. The smallest absolute Gasteiger partial charge is 0.278 e. The molecule has 4 aromatic rings. The third-order valence-corrected chi connectivity index (χ3v) is 4.89. The SMILES string of the molecule is Fc1ccccc1-c1noc(-c2cc3n(n2)CC(c2ccc(Cl)cc2)OC3)n1. The van der Waals surface area contributed by atoms with Crippen molar-refractivity contribution in [3.05, 3.63) is 76.7 Å². The van der Waals surface area contributed by atoms with Gasteiger partial charge in [-0.15, -0.1) is 0 Å². The molecule has 2 aromatic heterocycles. The highest BCUT2D eigenvalue weighted by Gasteiger charge is 2.24. The number of fused-ring (bicyclic) bond motifs is 1. The molecule has 1 aliphatic rings. The van der Waals surface area contributed by atoms with E-state index in [1.807, 2.05) is 35.0 Å². The summed E-state index contributed by atoms with van der Waals surface area (Å²) in [6.07, 6.45) is -0.117. The summed E-state index contributed by atoms with van der Waals surface area (Å²) in [7, 11) is 0. The topological polar surface area (TPSA) is 66.0 Å². The minimum Gasteiger partial charge on any atom is -0.365 e. The van der Waals surface area contributed by atoms with Crippen LogP contribution in [0.5, 0.6) is 0 Å². The Morgan fingerprint density at radius 3 is 2.75 bits per heavy atom. The summed E-state index contributed by atoms with van der Waals surface area (Å²) < 4.78 is 27.1. The standard InChI is InChI=1S/C20H14ClFN4O2/c21-13-7-5-12(6-8-13)18-10-26-14(11-27-18)9-17(24-26)20-23-19(25-28-20)15-3-1-2-4-16(15)22/h1-9,18H,10-11H2. The van der Waals surface area contributed by atoms with Crippen molar-refractivity contribution in [2.75, 3.05) is 0 Å². The van der Waals surface area contributed by atoms with Crippen LogP contribution in [0, 0.1) is 5.82 Å². The Balaban J connectivity index is 1.41. The molecular formula is C20H14ClFN4O2. The third-order valence-electron chi connectivity index (χ3n) is 4.64. The highest BCUT2D eigenvalue weighted by atomic mass is 35.5. The molecule has 1 atom stereocenters. The van der Waals surface area contributed by atoms with Crippen LogP contribution in [0.2, 0.25) is 5.02 Å². The zero-order valence-electron chi connectivity index (χ0n) is 14.5. The molecule has 140 valence electrons. The number of ether oxygens (including phenoxy) is 1. The van der Waals surface area contributed by atoms with Crippen molar-refractivity contribution in [3.8, 4) is 23.0 Å². The Hall–Kier alpha value is -3.03. The Bertz CT molecular complexity index is 1140. The quantitative estimate of drug-likeness (QED) is 0.503. The second-order valence-electron chi connectivity index (χ2n) is 6.46. The molecule has 0 fully saturated rings. The fraction of sp³-hybridized carbons (Fsp3) is 0.150. The van der Waals surface area contributed by atoms with E-state index in [0.29, 0.717) is 23.9 Å². The van der Waals surface area contributed by atoms with E-state index in [9.17, 15) is 4.39 Å². The van der Waals surface area contributed by atoms with Gasteiger partial charge in [-0.3, -0.25) is 4.68 Å². The maximum absolute atomic E-state index is 13.9. The molecule has 0 saturated heterocycles. The van der Waals surface area contributed by atoms with Crippen LogP contribution >= 0.6 is 11.6 Å². The van der Waals surface area contributed by atoms with E-state index < -0.39 is 5.82 Å². The largest absolute Gasteiger partial charge is 0.365 e. The van der Waals surface area contributed by atoms with Crippen LogP contribution in [-0.2, 0) is 17.9 Å².